The van der Waals surface area contributed by atoms with Gasteiger partial charge in [0.1, 0.15) is 5.82 Å². The van der Waals surface area contributed by atoms with Gasteiger partial charge in [-0.1, -0.05) is 34.1 Å². The van der Waals surface area contributed by atoms with Crippen molar-refractivity contribution < 1.29 is 0 Å². The van der Waals surface area contributed by atoms with E-state index in [1.807, 2.05) is 6.07 Å². The molecule has 2 aromatic rings. The normalized spacial score (nSPS) is 14.6. The number of rotatable bonds is 2. The summed E-state index contributed by atoms with van der Waals surface area (Å²) in [5.41, 5.74) is 1.25. The minimum Gasteiger partial charge on any atom is -0.250 e. The van der Waals surface area contributed by atoms with Crippen LogP contribution < -0.4 is 0 Å². The monoisotopic (exact) mass is 291 g/mol. The standard InChI is InChI=1S/C13H14BrN3/c14-11-6-2-1-5-10(11)9-12-15-13-7-3-4-8-17(13)16-12/h1-2,5-6H,3-4,7-9H2. The molecular weight excluding hydrogens is 278 g/mol. The molecule has 0 aliphatic carbocycles. The average Bonchev–Trinajstić information content (AvgIpc) is 2.74. The number of aryl methyl sites for hydroxylation is 2. The molecule has 0 bridgehead atoms. The molecule has 88 valence electrons. The zero-order chi connectivity index (χ0) is 11.7. The van der Waals surface area contributed by atoms with E-state index in [0.29, 0.717) is 0 Å². The molecule has 1 aliphatic heterocycles. The van der Waals surface area contributed by atoms with Crippen molar-refractivity contribution in [3.05, 3.63) is 46.0 Å². The van der Waals surface area contributed by atoms with Crippen molar-refractivity contribution in [3.8, 4) is 0 Å². The van der Waals surface area contributed by atoms with Gasteiger partial charge in [-0.25, -0.2) is 9.67 Å². The molecule has 0 amide bonds. The minimum absolute atomic E-state index is 0.807. The van der Waals surface area contributed by atoms with Crippen LogP contribution in [0.2, 0.25) is 0 Å². The Hall–Kier alpha value is -1.16. The van der Waals surface area contributed by atoms with E-state index in [-0.39, 0.29) is 0 Å². The molecule has 0 saturated carbocycles. The topological polar surface area (TPSA) is 30.7 Å². The van der Waals surface area contributed by atoms with E-state index in [1.165, 1.54) is 18.4 Å². The molecule has 2 heterocycles. The molecule has 0 fully saturated rings. The lowest BCUT2D eigenvalue weighted by molar-refractivity contribution is 0.478. The van der Waals surface area contributed by atoms with Crippen LogP contribution >= 0.6 is 15.9 Å². The smallest absolute Gasteiger partial charge is 0.155 e. The first kappa shape index (κ1) is 11.0. The summed E-state index contributed by atoms with van der Waals surface area (Å²) in [6.07, 6.45) is 4.35. The predicted molar refractivity (Wildman–Crippen MR) is 69.9 cm³/mol. The molecule has 0 N–H and O–H groups in total. The average molecular weight is 292 g/mol. The lowest BCUT2D eigenvalue weighted by Gasteiger charge is -2.09. The summed E-state index contributed by atoms with van der Waals surface area (Å²) in [6.45, 7) is 1.03. The molecule has 0 saturated heterocycles. The van der Waals surface area contributed by atoms with Crippen LogP contribution in [0.5, 0.6) is 0 Å². The summed E-state index contributed by atoms with van der Waals surface area (Å²) >= 11 is 3.56. The molecule has 0 atom stereocenters. The maximum atomic E-state index is 4.62. The third-order valence-electron chi connectivity index (χ3n) is 3.12. The van der Waals surface area contributed by atoms with Crippen LogP contribution in [0.3, 0.4) is 0 Å². The van der Waals surface area contributed by atoms with Gasteiger partial charge in [-0.15, -0.1) is 0 Å². The van der Waals surface area contributed by atoms with Gasteiger partial charge in [0.05, 0.1) is 0 Å². The lowest BCUT2D eigenvalue weighted by atomic mass is 10.1. The number of fused-ring (bicyclic) bond motifs is 1. The van der Waals surface area contributed by atoms with E-state index in [4.69, 9.17) is 0 Å². The van der Waals surface area contributed by atoms with Crippen molar-refractivity contribution in [2.24, 2.45) is 0 Å². The van der Waals surface area contributed by atoms with Crippen molar-refractivity contribution >= 4 is 15.9 Å². The highest BCUT2D eigenvalue weighted by atomic mass is 79.9. The number of benzene rings is 1. The van der Waals surface area contributed by atoms with Gasteiger partial charge >= 0.3 is 0 Å². The lowest BCUT2D eigenvalue weighted by Crippen LogP contribution is -2.11. The van der Waals surface area contributed by atoms with Gasteiger partial charge in [0.15, 0.2) is 5.82 Å². The molecule has 0 spiro atoms. The molecule has 1 aliphatic rings. The fourth-order valence-corrected chi connectivity index (χ4v) is 2.65. The summed E-state index contributed by atoms with van der Waals surface area (Å²) in [4.78, 5) is 4.62. The highest BCUT2D eigenvalue weighted by molar-refractivity contribution is 9.10. The molecular formula is C13H14BrN3. The van der Waals surface area contributed by atoms with Gasteiger partial charge in [-0.05, 0) is 24.5 Å². The Morgan fingerprint density at radius 1 is 1.24 bits per heavy atom. The predicted octanol–water partition coefficient (Wildman–Crippen LogP) is 2.97. The van der Waals surface area contributed by atoms with E-state index >= 15 is 0 Å². The first-order chi connectivity index (χ1) is 8.33. The summed E-state index contributed by atoms with van der Waals surface area (Å²) in [5.74, 6) is 2.09. The van der Waals surface area contributed by atoms with E-state index in [2.05, 4.69) is 48.9 Å². The largest absolute Gasteiger partial charge is 0.250 e. The SMILES string of the molecule is Brc1ccccc1Cc1nc2n(n1)CCCC2. The fraction of sp³-hybridized carbons (Fsp3) is 0.385. The highest BCUT2D eigenvalue weighted by Crippen LogP contribution is 2.19. The maximum absolute atomic E-state index is 4.62. The quantitative estimate of drug-likeness (QED) is 0.852. The van der Waals surface area contributed by atoms with Crippen LogP contribution in [-0.2, 0) is 19.4 Å². The van der Waals surface area contributed by atoms with Crippen LogP contribution in [-0.4, -0.2) is 14.8 Å². The zero-order valence-electron chi connectivity index (χ0n) is 9.56. The van der Waals surface area contributed by atoms with Crippen LogP contribution in [0.4, 0.5) is 0 Å². The second kappa shape index (κ2) is 4.61. The Morgan fingerprint density at radius 2 is 2.12 bits per heavy atom. The van der Waals surface area contributed by atoms with E-state index < -0.39 is 0 Å². The summed E-state index contributed by atoms with van der Waals surface area (Å²) < 4.78 is 3.20. The van der Waals surface area contributed by atoms with Gasteiger partial charge in [-0.3, -0.25) is 0 Å². The molecule has 17 heavy (non-hydrogen) atoms. The van der Waals surface area contributed by atoms with Crippen molar-refractivity contribution in [1.29, 1.82) is 0 Å². The van der Waals surface area contributed by atoms with Crippen molar-refractivity contribution in [3.63, 3.8) is 0 Å². The molecule has 1 aromatic heterocycles. The third kappa shape index (κ3) is 2.27. The Labute approximate surface area is 109 Å². The Kier molecular flexibility index (Phi) is 2.97. The van der Waals surface area contributed by atoms with E-state index in [1.54, 1.807) is 0 Å². The second-order valence-electron chi connectivity index (χ2n) is 4.39. The number of hydrogen-bond acceptors (Lipinski definition) is 2. The van der Waals surface area contributed by atoms with Crippen LogP contribution in [0.1, 0.15) is 30.1 Å². The van der Waals surface area contributed by atoms with Gasteiger partial charge in [0.2, 0.25) is 0 Å². The zero-order valence-corrected chi connectivity index (χ0v) is 11.2. The van der Waals surface area contributed by atoms with Crippen molar-refractivity contribution in [1.82, 2.24) is 14.8 Å². The molecule has 1 aromatic carbocycles. The second-order valence-corrected chi connectivity index (χ2v) is 5.25. The highest BCUT2D eigenvalue weighted by Gasteiger charge is 2.14. The van der Waals surface area contributed by atoms with Crippen molar-refractivity contribution in [2.75, 3.05) is 0 Å². The summed E-state index contributed by atoms with van der Waals surface area (Å²) in [6, 6.07) is 8.25. The van der Waals surface area contributed by atoms with Gasteiger partial charge in [0.25, 0.3) is 0 Å². The maximum Gasteiger partial charge on any atom is 0.155 e. The number of halogens is 1. The van der Waals surface area contributed by atoms with E-state index in [9.17, 15) is 0 Å². The number of hydrogen-bond donors (Lipinski definition) is 0. The third-order valence-corrected chi connectivity index (χ3v) is 3.89. The summed E-state index contributed by atoms with van der Waals surface area (Å²) in [7, 11) is 0. The Bertz CT molecular complexity index is 510. The van der Waals surface area contributed by atoms with Crippen LogP contribution in [0.15, 0.2) is 28.7 Å². The number of aromatic nitrogens is 3. The first-order valence-electron chi connectivity index (χ1n) is 5.99. The van der Waals surface area contributed by atoms with E-state index in [0.717, 1.165) is 35.5 Å². The van der Waals surface area contributed by atoms with Gasteiger partial charge in [0, 0.05) is 23.9 Å². The van der Waals surface area contributed by atoms with Crippen LogP contribution in [0, 0.1) is 0 Å². The Balaban J connectivity index is 1.86. The minimum atomic E-state index is 0.807. The van der Waals surface area contributed by atoms with Gasteiger partial charge in [-0.2, -0.15) is 5.10 Å². The molecule has 4 heteroatoms. The fourth-order valence-electron chi connectivity index (χ4n) is 2.22. The molecule has 0 unspecified atom stereocenters. The Morgan fingerprint density at radius 3 is 2.94 bits per heavy atom. The molecule has 3 nitrogen and oxygen atoms in total. The molecule has 3 rings (SSSR count). The summed E-state index contributed by atoms with van der Waals surface area (Å²) in [5, 5.41) is 4.57. The molecule has 0 radical (unpaired) electrons. The van der Waals surface area contributed by atoms with Crippen molar-refractivity contribution in [2.45, 2.75) is 32.2 Å². The first-order valence-corrected chi connectivity index (χ1v) is 6.78. The van der Waals surface area contributed by atoms with Gasteiger partial charge < -0.3 is 0 Å². The van der Waals surface area contributed by atoms with Crippen LogP contribution in [0.25, 0.3) is 0 Å². The number of nitrogens with zero attached hydrogens (tertiary/aromatic N) is 3.